The molecule has 5 nitrogen and oxygen atoms in total. The van der Waals surface area contributed by atoms with Crippen LogP contribution in [0.15, 0.2) is 61.3 Å². The van der Waals surface area contributed by atoms with Crippen LogP contribution in [0.3, 0.4) is 0 Å². The van der Waals surface area contributed by atoms with Crippen LogP contribution in [0.25, 0.3) is 28.0 Å². The molecule has 0 aliphatic rings. The molecule has 5 heteroatoms. The summed E-state index contributed by atoms with van der Waals surface area (Å²) in [6.07, 6.45) is 9.31. The van der Waals surface area contributed by atoms with Crippen molar-refractivity contribution in [1.29, 1.82) is 0 Å². The minimum atomic E-state index is 0.586. The van der Waals surface area contributed by atoms with Gasteiger partial charge in [0.1, 0.15) is 5.65 Å². The molecule has 0 N–H and O–H groups in total. The van der Waals surface area contributed by atoms with Crippen LogP contribution in [-0.2, 0) is 0 Å². The van der Waals surface area contributed by atoms with E-state index in [0.29, 0.717) is 5.88 Å². The second-order valence-corrected chi connectivity index (χ2v) is 5.54. The van der Waals surface area contributed by atoms with Crippen LogP contribution >= 0.6 is 0 Å². The van der Waals surface area contributed by atoms with Gasteiger partial charge in [0.2, 0.25) is 5.88 Å². The van der Waals surface area contributed by atoms with Gasteiger partial charge in [-0.15, -0.1) is 0 Å². The maximum absolute atomic E-state index is 5.39. The predicted octanol–water partition coefficient (Wildman–Crippen LogP) is 3.78. The Morgan fingerprint density at radius 2 is 1.88 bits per heavy atom. The molecule has 4 aromatic rings. The average Bonchev–Trinajstić information content (AvgIpc) is 3.04. The van der Waals surface area contributed by atoms with Crippen molar-refractivity contribution < 1.29 is 4.74 Å². The largest absolute Gasteiger partial charge is 0.481 e. The van der Waals surface area contributed by atoms with Crippen LogP contribution in [0.1, 0.15) is 5.56 Å². The van der Waals surface area contributed by atoms with E-state index in [2.05, 4.69) is 44.6 Å². The summed E-state index contributed by atoms with van der Waals surface area (Å²) in [4.78, 5) is 13.0. The highest BCUT2D eigenvalue weighted by molar-refractivity contribution is 5.73. The number of aromatic nitrogens is 4. The van der Waals surface area contributed by atoms with Crippen LogP contribution in [0.4, 0.5) is 0 Å². The maximum Gasteiger partial charge on any atom is 0.222 e. The van der Waals surface area contributed by atoms with Gasteiger partial charge in [0.05, 0.1) is 24.6 Å². The Balaban J connectivity index is 1.96. The number of pyridine rings is 3. The number of aryl methyl sites for hydroxylation is 1. The number of hydrogen-bond acceptors (Lipinski definition) is 4. The summed E-state index contributed by atoms with van der Waals surface area (Å²) in [6, 6.07) is 9.96. The van der Waals surface area contributed by atoms with Gasteiger partial charge < -0.3 is 4.74 Å². The molecular weight excluding hydrogens is 300 g/mol. The van der Waals surface area contributed by atoms with E-state index in [1.807, 2.05) is 30.6 Å². The Morgan fingerprint density at radius 1 is 1.00 bits per heavy atom. The molecule has 118 valence electrons. The molecule has 0 spiro atoms. The van der Waals surface area contributed by atoms with Gasteiger partial charge in [0, 0.05) is 35.9 Å². The Kier molecular flexibility index (Phi) is 3.46. The topological polar surface area (TPSA) is 52.3 Å². The van der Waals surface area contributed by atoms with Crippen molar-refractivity contribution in [1.82, 2.24) is 19.4 Å². The van der Waals surface area contributed by atoms with Gasteiger partial charge in [-0.3, -0.25) is 9.38 Å². The standard InChI is InChI=1S/C19H16N4O/c1-13-9-18-22-11-17(15-6-4-8-21-19(15)24-2)23(18)12-16(13)14-5-3-7-20-10-14/h3-12H,1-2H3. The average molecular weight is 316 g/mol. The quantitative estimate of drug-likeness (QED) is 0.577. The zero-order valence-electron chi connectivity index (χ0n) is 13.5. The molecule has 24 heavy (non-hydrogen) atoms. The van der Waals surface area contributed by atoms with Crippen LogP contribution in [0.2, 0.25) is 0 Å². The molecular formula is C19H16N4O. The van der Waals surface area contributed by atoms with Gasteiger partial charge >= 0.3 is 0 Å². The fourth-order valence-corrected chi connectivity index (χ4v) is 2.89. The van der Waals surface area contributed by atoms with E-state index in [1.165, 1.54) is 0 Å². The van der Waals surface area contributed by atoms with Crippen LogP contribution in [0, 0.1) is 6.92 Å². The molecule has 0 fully saturated rings. The third-order valence-electron chi connectivity index (χ3n) is 4.07. The highest BCUT2D eigenvalue weighted by Crippen LogP contribution is 2.31. The summed E-state index contributed by atoms with van der Waals surface area (Å²) in [7, 11) is 1.63. The van der Waals surface area contributed by atoms with Gasteiger partial charge in [-0.1, -0.05) is 6.07 Å². The lowest BCUT2D eigenvalue weighted by atomic mass is 10.0. The molecule has 0 atom stereocenters. The molecule has 0 aromatic carbocycles. The molecule has 0 saturated heterocycles. The predicted molar refractivity (Wildman–Crippen MR) is 92.9 cm³/mol. The summed E-state index contributed by atoms with van der Waals surface area (Å²) in [5.41, 5.74) is 6.10. The lowest BCUT2D eigenvalue weighted by Crippen LogP contribution is -1.96. The van der Waals surface area contributed by atoms with Crippen molar-refractivity contribution in [2.24, 2.45) is 0 Å². The first-order chi connectivity index (χ1) is 11.8. The maximum atomic E-state index is 5.39. The highest BCUT2D eigenvalue weighted by atomic mass is 16.5. The van der Waals surface area contributed by atoms with Gasteiger partial charge in [-0.05, 0) is 36.8 Å². The molecule has 0 aliphatic heterocycles. The summed E-state index contributed by atoms with van der Waals surface area (Å²) >= 11 is 0. The van der Waals surface area contributed by atoms with Crippen molar-refractivity contribution in [2.75, 3.05) is 7.11 Å². The molecule has 0 saturated carbocycles. The van der Waals surface area contributed by atoms with Gasteiger partial charge in [-0.25, -0.2) is 9.97 Å². The van der Waals surface area contributed by atoms with E-state index in [9.17, 15) is 0 Å². The molecule has 0 unspecified atom stereocenters. The fraction of sp³-hybridized carbons (Fsp3) is 0.105. The molecule has 0 aliphatic carbocycles. The number of rotatable bonds is 3. The number of fused-ring (bicyclic) bond motifs is 1. The summed E-state index contributed by atoms with van der Waals surface area (Å²) in [5, 5.41) is 0. The number of ether oxygens (including phenoxy) is 1. The van der Waals surface area contributed by atoms with E-state index < -0.39 is 0 Å². The van der Waals surface area contributed by atoms with Crippen molar-refractivity contribution >= 4 is 5.65 Å². The SMILES string of the molecule is COc1ncccc1-c1cnc2cc(C)c(-c3cccnc3)cn12. The minimum Gasteiger partial charge on any atom is -0.481 e. The van der Waals surface area contributed by atoms with E-state index in [-0.39, 0.29) is 0 Å². The van der Waals surface area contributed by atoms with Gasteiger partial charge in [-0.2, -0.15) is 0 Å². The fourth-order valence-electron chi connectivity index (χ4n) is 2.89. The number of imidazole rings is 1. The molecule has 0 bridgehead atoms. The number of nitrogens with zero attached hydrogens (tertiary/aromatic N) is 4. The Hall–Kier alpha value is -3.21. The zero-order chi connectivity index (χ0) is 16.5. The molecule has 4 aromatic heterocycles. The van der Waals surface area contributed by atoms with Crippen LogP contribution in [-0.4, -0.2) is 26.5 Å². The van der Waals surface area contributed by atoms with Crippen LogP contribution in [0.5, 0.6) is 5.88 Å². The summed E-state index contributed by atoms with van der Waals surface area (Å²) in [5.74, 6) is 0.586. The van der Waals surface area contributed by atoms with E-state index in [1.54, 1.807) is 19.5 Å². The lowest BCUT2D eigenvalue weighted by Gasteiger charge is -2.10. The summed E-state index contributed by atoms with van der Waals surface area (Å²) < 4.78 is 7.46. The Bertz CT molecular complexity index is 1010. The first-order valence-corrected chi connectivity index (χ1v) is 7.65. The van der Waals surface area contributed by atoms with E-state index >= 15 is 0 Å². The molecule has 0 radical (unpaired) electrons. The normalized spacial score (nSPS) is 10.9. The lowest BCUT2D eigenvalue weighted by molar-refractivity contribution is 0.399. The Labute approximate surface area is 139 Å². The smallest absolute Gasteiger partial charge is 0.222 e. The van der Waals surface area contributed by atoms with E-state index in [4.69, 9.17) is 4.74 Å². The third-order valence-corrected chi connectivity index (χ3v) is 4.07. The number of hydrogen-bond donors (Lipinski definition) is 0. The van der Waals surface area contributed by atoms with Gasteiger partial charge in [0.25, 0.3) is 0 Å². The van der Waals surface area contributed by atoms with Crippen LogP contribution < -0.4 is 4.74 Å². The second-order valence-electron chi connectivity index (χ2n) is 5.54. The molecule has 4 heterocycles. The van der Waals surface area contributed by atoms with Crippen molar-refractivity contribution in [3.63, 3.8) is 0 Å². The number of methoxy groups -OCH3 is 1. The highest BCUT2D eigenvalue weighted by Gasteiger charge is 2.13. The third kappa shape index (κ3) is 2.31. The zero-order valence-corrected chi connectivity index (χ0v) is 13.5. The minimum absolute atomic E-state index is 0.586. The van der Waals surface area contributed by atoms with Gasteiger partial charge in [0.15, 0.2) is 0 Å². The first kappa shape index (κ1) is 14.4. The second kappa shape index (κ2) is 5.77. The van der Waals surface area contributed by atoms with E-state index in [0.717, 1.165) is 33.6 Å². The van der Waals surface area contributed by atoms with Crippen molar-refractivity contribution in [2.45, 2.75) is 6.92 Å². The first-order valence-electron chi connectivity index (χ1n) is 7.65. The monoisotopic (exact) mass is 316 g/mol. The molecule has 4 rings (SSSR count). The summed E-state index contributed by atoms with van der Waals surface area (Å²) in [6.45, 7) is 2.08. The molecule has 0 amide bonds. The van der Waals surface area contributed by atoms with Crippen molar-refractivity contribution in [3.8, 4) is 28.3 Å². The Morgan fingerprint density at radius 3 is 2.67 bits per heavy atom. The van der Waals surface area contributed by atoms with Crippen molar-refractivity contribution in [3.05, 3.63) is 66.9 Å².